The lowest BCUT2D eigenvalue weighted by atomic mass is 10.1. The van der Waals surface area contributed by atoms with E-state index in [0.717, 1.165) is 44.5 Å². The topological polar surface area (TPSA) is 47.9 Å². The summed E-state index contributed by atoms with van der Waals surface area (Å²) in [6.07, 6.45) is 3.67. The van der Waals surface area contributed by atoms with Crippen LogP contribution in [0.25, 0.3) is 0 Å². The first-order chi connectivity index (χ1) is 8.78. The molecule has 0 spiro atoms. The summed E-state index contributed by atoms with van der Waals surface area (Å²) in [6.45, 7) is 1.59. The van der Waals surface area contributed by atoms with Crippen molar-refractivity contribution in [2.75, 3.05) is 20.3 Å². The van der Waals surface area contributed by atoms with Crippen molar-refractivity contribution in [2.24, 2.45) is 0 Å². The third kappa shape index (κ3) is 3.89. The Morgan fingerprint density at radius 1 is 1.28 bits per heavy atom. The molecule has 100 valence electrons. The van der Waals surface area contributed by atoms with Crippen LogP contribution in [-0.4, -0.2) is 31.7 Å². The second-order valence-corrected chi connectivity index (χ2v) is 4.46. The lowest BCUT2D eigenvalue weighted by molar-refractivity contribution is -0.181. The van der Waals surface area contributed by atoms with Gasteiger partial charge in [-0.3, -0.25) is 0 Å². The van der Waals surface area contributed by atoms with E-state index in [4.69, 9.17) is 14.2 Å². The summed E-state index contributed by atoms with van der Waals surface area (Å²) < 4.78 is 16.1. The van der Waals surface area contributed by atoms with Crippen molar-refractivity contribution in [2.45, 2.75) is 32.0 Å². The average molecular weight is 252 g/mol. The number of phenols is 1. The molecular formula is C14H20O4. The molecule has 4 heteroatoms. The molecule has 1 aromatic rings. The van der Waals surface area contributed by atoms with Gasteiger partial charge in [-0.25, -0.2) is 0 Å². The van der Waals surface area contributed by atoms with E-state index in [1.165, 1.54) is 0 Å². The summed E-state index contributed by atoms with van der Waals surface area (Å²) in [6, 6.07) is 5.32. The summed E-state index contributed by atoms with van der Waals surface area (Å²) in [5.41, 5.74) is 1.07. The Morgan fingerprint density at radius 2 is 2.06 bits per heavy atom. The number of hydrogen-bond acceptors (Lipinski definition) is 4. The fourth-order valence-electron chi connectivity index (χ4n) is 2.08. The van der Waals surface area contributed by atoms with Crippen LogP contribution in [0.4, 0.5) is 0 Å². The molecule has 4 nitrogen and oxygen atoms in total. The molecular weight excluding hydrogens is 232 g/mol. The maximum absolute atomic E-state index is 9.54. The van der Waals surface area contributed by atoms with Crippen molar-refractivity contribution in [3.63, 3.8) is 0 Å². The third-order valence-corrected chi connectivity index (χ3v) is 2.99. The summed E-state index contributed by atoms with van der Waals surface area (Å²) in [7, 11) is 1.60. The molecule has 0 aromatic heterocycles. The molecule has 1 aliphatic rings. The molecule has 0 bridgehead atoms. The number of rotatable bonds is 5. The number of ether oxygens (including phenoxy) is 3. The third-order valence-electron chi connectivity index (χ3n) is 2.99. The van der Waals surface area contributed by atoms with Crippen molar-refractivity contribution in [3.8, 4) is 11.5 Å². The Morgan fingerprint density at radius 3 is 2.78 bits per heavy atom. The summed E-state index contributed by atoms with van der Waals surface area (Å²) in [4.78, 5) is 0. The SMILES string of the molecule is COc1cc(O)cc(CCCC2OCCCO2)c1. The number of aryl methyl sites for hydroxylation is 1. The molecule has 0 radical (unpaired) electrons. The van der Waals surface area contributed by atoms with Crippen molar-refractivity contribution in [3.05, 3.63) is 23.8 Å². The number of benzene rings is 1. The molecule has 1 N–H and O–H groups in total. The quantitative estimate of drug-likeness (QED) is 0.874. The van der Waals surface area contributed by atoms with Crippen LogP contribution in [0.3, 0.4) is 0 Å². The number of aromatic hydroxyl groups is 1. The fraction of sp³-hybridized carbons (Fsp3) is 0.571. The van der Waals surface area contributed by atoms with Crippen LogP contribution in [0.2, 0.25) is 0 Å². The Kier molecular flexibility index (Phi) is 4.84. The van der Waals surface area contributed by atoms with Crippen molar-refractivity contribution in [1.82, 2.24) is 0 Å². The van der Waals surface area contributed by atoms with Crippen LogP contribution in [0.1, 0.15) is 24.8 Å². The lowest BCUT2D eigenvalue weighted by Crippen LogP contribution is -2.24. The van der Waals surface area contributed by atoms with E-state index < -0.39 is 0 Å². The Labute approximate surface area is 107 Å². The number of hydrogen-bond donors (Lipinski definition) is 1. The van der Waals surface area contributed by atoms with E-state index in [2.05, 4.69) is 0 Å². The number of phenolic OH excluding ortho intramolecular Hbond substituents is 1. The second kappa shape index (κ2) is 6.61. The van der Waals surface area contributed by atoms with Gasteiger partial charge in [0, 0.05) is 6.07 Å². The van der Waals surface area contributed by atoms with Crippen molar-refractivity contribution < 1.29 is 19.3 Å². The van der Waals surface area contributed by atoms with Crippen LogP contribution in [0, 0.1) is 0 Å². The minimum atomic E-state index is -0.0574. The van der Waals surface area contributed by atoms with Gasteiger partial charge in [0.2, 0.25) is 0 Å². The normalized spacial score (nSPS) is 16.7. The first-order valence-electron chi connectivity index (χ1n) is 6.38. The first-order valence-corrected chi connectivity index (χ1v) is 6.38. The van der Waals surface area contributed by atoms with E-state index in [9.17, 15) is 5.11 Å². The Balaban J connectivity index is 1.80. The molecule has 1 heterocycles. The molecule has 1 fully saturated rings. The van der Waals surface area contributed by atoms with Crippen LogP contribution in [0.15, 0.2) is 18.2 Å². The zero-order valence-corrected chi connectivity index (χ0v) is 10.7. The zero-order valence-electron chi connectivity index (χ0n) is 10.7. The summed E-state index contributed by atoms with van der Waals surface area (Å²) >= 11 is 0. The molecule has 2 rings (SSSR count). The highest BCUT2D eigenvalue weighted by atomic mass is 16.7. The van der Waals surface area contributed by atoms with Gasteiger partial charge in [-0.2, -0.15) is 0 Å². The van der Waals surface area contributed by atoms with Gasteiger partial charge in [-0.15, -0.1) is 0 Å². The molecule has 1 aromatic carbocycles. The summed E-state index contributed by atoms with van der Waals surface area (Å²) in [5, 5.41) is 9.54. The molecule has 0 amide bonds. The minimum Gasteiger partial charge on any atom is -0.508 e. The largest absolute Gasteiger partial charge is 0.508 e. The fourth-order valence-corrected chi connectivity index (χ4v) is 2.08. The van der Waals surface area contributed by atoms with Crippen molar-refractivity contribution >= 4 is 0 Å². The molecule has 1 saturated heterocycles. The van der Waals surface area contributed by atoms with Crippen molar-refractivity contribution in [1.29, 1.82) is 0 Å². The predicted molar refractivity (Wildman–Crippen MR) is 67.9 cm³/mol. The Bertz CT molecular complexity index is 372. The molecule has 18 heavy (non-hydrogen) atoms. The van der Waals surface area contributed by atoms with Gasteiger partial charge >= 0.3 is 0 Å². The lowest BCUT2D eigenvalue weighted by Gasteiger charge is -2.23. The maximum Gasteiger partial charge on any atom is 0.157 e. The van der Waals surface area contributed by atoms with Gasteiger partial charge in [-0.1, -0.05) is 0 Å². The molecule has 1 aliphatic heterocycles. The smallest absolute Gasteiger partial charge is 0.157 e. The first kappa shape index (κ1) is 13.2. The molecule has 0 atom stereocenters. The number of methoxy groups -OCH3 is 1. The zero-order chi connectivity index (χ0) is 12.8. The maximum atomic E-state index is 9.54. The van der Waals surface area contributed by atoms with Gasteiger partial charge in [0.25, 0.3) is 0 Å². The van der Waals surface area contributed by atoms with Gasteiger partial charge < -0.3 is 19.3 Å². The van der Waals surface area contributed by atoms with Gasteiger partial charge in [-0.05, 0) is 43.4 Å². The van der Waals surface area contributed by atoms with Crippen LogP contribution in [0.5, 0.6) is 11.5 Å². The van der Waals surface area contributed by atoms with E-state index >= 15 is 0 Å². The summed E-state index contributed by atoms with van der Waals surface area (Å²) in [5.74, 6) is 0.935. The van der Waals surface area contributed by atoms with E-state index in [1.54, 1.807) is 19.2 Å². The Hall–Kier alpha value is -1.26. The second-order valence-electron chi connectivity index (χ2n) is 4.46. The average Bonchev–Trinajstić information content (AvgIpc) is 2.39. The van der Waals surface area contributed by atoms with Crippen LogP contribution in [-0.2, 0) is 15.9 Å². The van der Waals surface area contributed by atoms with Crippen LogP contribution < -0.4 is 4.74 Å². The van der Waals surface area contributed by atoms with Gasteiger partial charge in [0.15, 0.2) is 6.29 Å². The molecule has 0 aliphatic carbocycles. The predicted octanol–water partition coefficient (Wildman–Crippen LogP) is 2.49. The van der Waals surface area contributed by atoms with E-state index in [0.29, 0.717) is 5.75 Å². The minimum absolute atomic E-state index is 0.0574. The van der Waals surface area contributed by atoms with E-state index in [-0.39, 0.29) is 12.0 Å². The van der Waals surface area contributed by atoms with Crippen LogP contribution >= 0.6 is 0 Å². The highest BCUT2D eigenvalue weighted by Gasteiger charge is 2.13. The van der Waals surface area contributed by atoms with Gasteiger partial charge in [0.1, 0.15) is 11.5 Å². The van der Waals surface area contributed by atoms with Gasteiger partial charge in [0.05, 0.1) is 20.3 Å². The molecule has 0 unspecified atom stereocenters. The molecule has 0 saturated carbocycles. The highest BCUT2D eigenvalue weighted by molar-refractivity contribution is 5.37. The standard InChI is InChI=1S/C14H20O4/c1-16-13-9-11(8-12(15)10-13)4-2-5-14-17-6-3-7-18-14/h8-10,14-15H,2-7H2,1H3. The van der Waals surface area contributed by atoms with E-state index in [1.807, 2.05) is 6.07 Å². The monoisotopic (exact) mass is 252 g/mol. The highest BCUT2D eigenvalue weighted by Crippen LogP contribution is 2.23.